The largest absolute Gasteiger partial charge is 0.444 e. The van der Waals surface area contributed by atoms with Gasteiger partial charge in [-0.05, 0) is 45.0 Å². The van der Waals surface area contributed by atoms with Crippen molar-refractivity contribution in [3.05, 3.63) is 48.2 Å². The Balaban J connectivity index is 2.26. The van der Waals surface area contributed by atoms with Gasteiger partial charge in [0.25, 0.3) is 0 Å². The van der Waals surface area contributed by atoms with Crippen LogP contribution in [0.4, 0.5) is 19.3 Å². The van der Waals surface area contributed by atoms with Crippen LogP contribution in [0.2, 0.25) is 0 Å². The minimum Gasteiger partial charge on any atom is -0.444 e. The molecule has 116 valence electrons. The summed E-state index contributed by atoms with van der Waals surface area (Å²) in [5.74, 6) is -1.44. The highest BCUT2D eigenvalue weighted by atomic mass is 19.1. The van der Waals surface area contributed by atoms with Gasteiger partial charge in [0.1, 0.15) is 17.2 Å². The number of ether oxygens (including phenoxy) is 1. The van der Waals surface area contributed by atoms with Gasteiger partial charge in [-0.15, -0.1) is 0 Å². The molecule has 0 bridgehead atoms. The van der Waals surface area contributed by atoms with Crippen LogP contribution in [0.3, 0.4) is 0 Å². The summed E-state index contributed by atoms with van der Waals surface area (Å²) < 4.78 is 32.6. The predicted octanol–water partition coefficient (Wildman–Crippen LogP) is 4.37. The number of rotatable bonds is 2. The van der Waals surface area contributed by atoms with E-state index in [1.165, 1.54) is 24.4 Å². The Morgan fingerprint density at radius 1 is 1.18 bits per heavy atom. The van der Waals surface area contributed by atoms with E-state index in [2.05, 4.69) is 10.3 Å². The molecule has 0 unspecified atom stereocenters. The van der Waals surface area contributed by atoms with Crippen LogP contribution in [0.1, 0.15) is 20.8 Å². The Morgan fingerprint density at radius 2 is 1.82 bits per heavy atom. The van der Waals surface area contributed by atoms with Gasteiger partial charge >= 0.3 is 6.09 Å². The van der Waals surface area contributed by atoms with Crippen molar-refractivity contribution in [2.24, 2.45) is 0 Å². The number of nitrogens with zero attached hydrogens (tertiary/aromatic N) is 1. The molecule has 6 heteroatoms. The number of nitrogens with one attached hydrogen (secondary N) is 1. The number of amides is 1. The molecule has 2 rings (SSSR count). The number of pyridine rings is 1. The molecule has 4 nitrogen and oxygen atoms in total. The Labute approximate surface area is 127 Å². The first-order chi connectivity index (χ1) is 10.3. The molecule has 1 N–H and O–H groups in total. The van der Waals surface area contributed by atoms with Crippen molar-refractivity contribution in [3.63, 3.8) is 0 Å². The van der Waals surface area contributed by atoms with Crippen molar-refractivity contribution < 1.29 is 18.3 Å². The molecular weight excluding hydrogens is 290 g/mol. The third-order valence-corrected chi connectivity index (χ3v) is 2.62. The number of carbonyl (C=O) groups is 1. The quantitative estimate of drug-likeness (QED) is 0.896. The summed E-state index contributed by atoms with van der Waals surface area (Å²) in [4.78, 5) is 15.6. The highest BCUT2D eigenvalue weighted by molar-refractivity contribution is 5.85. The van der Waals surface area contributed by atoms with Crippen molar-refractivity contribution in [3.8, 4) is 11.3 Å². The normalized spacial score (nSPS) is 11.1. The average molecular weight is 306 g/mol. The molecular formula is C16H16F2N2O2. The fourth-order valence-corrected chi connectivity index (χ4v) is 1.81. The number of aromatic nitrogens is 1. The molecule has 0 saturated carbocycles. The van der Waals surface area contributed by atoms with Crippen LogP contribution in [0.5, 0.6) is 0 Å². The average Bonchev–Trinajstić information content (AvgIpc) is 2.36. The van der Waals surface area contributed by atoms with Gasteiger partial charge in [0.2, 0.25) is 0 Å². The molecule has 1 amide bonds. The molecule has 0 spiro atoms. The number of hydrogen-bond acceptors (Lipinski definition) is 3. The van der Waals surface area contributed by atoms with Gasteiger partial charge in [-0.25, -0.2) is 13.6 Å². The fourth-order valence-electron chi connectivity index (χ4n) is 1.81. The van der Waals surface area contributed by atoms with Crippen LogP contribution in [0.15, 0.2) is 36.5 Å². The van der Waals surface area contributed by atoms with Gasteiger partial charge in [-0.1, -0.05) is 6.07 Å². The molecule has 22 heavy (non-hydrogen) atoms. The van der Waals surface area contributed by atoms with E-state index in [-0.39, 0.29) is 11.3 Å². The summed E-state index contributed by atoms with van der Waals surface area (Å²) in [5.41, 5.74) is -0.459. The molecule has 1 aromatic carbocycles. The van der Waals surface area contributed by atoms with E-state index < -0.39 is 23.3 Å². The SMILES string of the molecule is CC(C)(C)OC(=O)Nc1ccnc(-c2c(F)cccc2F)c1. The van der Waals surface area contributed by atoms with Crippen molar-refractivity contribution in [2.45, 2.75) is 26.4 Å². The minimum atomic E-state index is -0.720. The molecule has 0 fully saturated rings. The van der Waals surface area contributed by atoms with Crippen molar-refractivity contribution >= 4 is 11.8 Å². The highest BCUT2D eigenvalue weighted by Gasteiger charge is 2.17. The molecule has 1 aromatic heterocycles. The van der Waals surface area contributed by atoms with Crippen LogP contribution in [-0.4, -0.2) is 16.7 Å². The van der Waals surface area contributed by atoms with Crippen LogP contribution >= 0.6 is 0 Å². The van der Waals surface area contributed by atoms with Crippen molar-refractivity contribution in [1.29, 1.82) is 0 Å². The summed E-state index contributed by atoms with van der Waals surface area (Å²) in [6, 6.07) is 6.46. The number of halogens is 2. The third kappa shape index (κ3) is 4.00. The Kier molecular flexibility index (Phi) is 4.40. The van der Waals surface area contributed by atoms with E-state index >= 15 is 0 Å². The molecule has 0 aliphatic heterocycles. The summed E-state index contributed by atoms with van der Waals surface area (Å²) >= 11 is 0. The standard InChI is InChI=1S/C16H16F2N2O2/c1-16(2,3)22-15(21)20-10-7-8-19-13(9-10)14-11(17)5-4-6-12(14)18/h4-9H,1-3H3,(H,19,20,21). The topological polar surface area (TPSA) is 51.2 Å². The summed E-state index contributed by atoms with van der Waals surface area (Å²) in [5, 5.41) is 2.50. The summed E-state index contributed by atoms with van der Waals surface area (Å²) in [6.07, 6.45) is 0.701. The second-order valence-electron chi connectivity index (χ2n) is 5.65. The fraction of sp³-hybridized carbons (Fsp3) is 0.250. The zero-order chi connectivity index (χ0) is 16.3. The lowest BCUT2D eigenvalue weighted by molar-refractivity contribution is 0.0636. The molecule has 0 aliphatic carbocycles. The Morgan fingerprint density at radius 3 is 2.41 bits per heavy atom. The van der Waals surface area contributed by atoms with Gasteiger partial charge < -0.3 is 4.74 Å². The van der Waals surface area contributed by atoms with Crippen LogP contribution in [-0.2, 0) is 4.74 Å². The van der Waals surface area contributed by atoms with E-state index in [1.807, 2.05) is 0 Å². The van der Waals surface area contributed by atoms with Crippen LogP contribution in [0, 0.1) is 11.6 Å². The second kappa shape index (κ2) is 6.09. The molecule has 1 heterocycles. The lowest BCUT2D eigenvalue weighted by Gasteiger charge is -2.19. The molecule has 0 aliphatic rings. The first kappa shape index (κ1) is 15.9. The lowest BCUT2D eigenvalue weighted by Crippen LogP contribution is -2.27. The lowest BCUT2D eigenvalue weighted by atomic mass is 10.1. The van der Waals surface area contributed by atoms with Crippen molar-refractivity contribution in [2.75, 3.05) is 5.32 Å². The van der Waals surface area contributed by atoms with Gasteiger partial charge in [-0.2, -0.15) is 0 Å². The highest BCUT2D eigenvalue weighted by Crippen LogP contribution is 2.26. The van der Waals surface area contributed by atoms with Crippen LogP contribution < -0.4 is 5.32 Å². The maximum Gasteiger partial charge on any atom is 0.412 e. The van der Waals surface area contributed by atoms with Gasteiger partial charge in [0.05, 0.1) is 11.3 Å². The first-order valence-corrected chi connectivity index (χ1v) is 6.67. The van der Waals surface area contributed by atoms with Crippen LogP contribution in [0.25, 0.3) is 11.3 Å². The first-order valence-electron chi connectivity index (χ1n) is 6.67. The number of carbonyl (C=O) groups excluding carboxylic acids is 1. The number of hydrogen-bond donors (Lipinski definition) is 1. The monoisotopic (exact) mass is 306 g/mol. The van der Waals surface area contributed by atoms with E-state index in [9.17, 15) is 13.6 Å². The maximum atomic E-state index is 13.8. The zero-order valence-corrected chi connectivity index (χ0v) is 12.5. The van der Waals surface area contributed by atoms with E-state index in [0.29, 0.717) is 5.69 Å². The van der Waals surface area contributed by atoms with Gasteiger partial charge in [0.15, 0.2) is 0 Å². The van der Waals surface area contributed by atoms with Gasteiger partial charge in [0, 0.05) is 11.9 Å². The maximum absolute atomic E-state index is 13.8. The molecule has 0 atom stereocenters. The second-order valence-corrected chi connectivity index (χ2v) is 5.65. The Hall–Kier alpha value is -2.50. The predicted molar refractivity (Wildman–Crippen MR) is 79.4 cm³/mol. The summed E-state index contributed by atoms with van der Waals surface area (Å²) in [6.45, 7) is 5.21. The Bertz CT molecular complexity index is 677. The summed E-state index contributed by atoms with van der Waals surface area (Å²) in [7, 11) is 0. The van der Waals surface area contributed by atoms with E-state index in [4.69, 9.17) is 4.74 Å². The molecule has 0 radical (unpaired) electrons. The molecule has 2 aromatic rings. The smallest absolute Gasteiger partial charge is 0.412 e. The van der Waals surface area contributed by atoms with E-state index in [1.54, 1.807) is 20.8 Å². The third-order valence-electron chi connectivity index (χ3n) is 2.62. The van der Waals surface area contributed by atoms with Crippen molar-refractivity contribution in [1.82, 2.24) is 4.98 Å². The molecule has 0 saturated heterocycles. The number of anilines is 1. The number of benzene rings is 1. The zero-order valence-electron chi connectivity index (χ0n) is 12.5. The van der Waals surface area contributed by atoms with Gasteiger partial charge in [-0.3, -0.25) is 10.3 Å². The minimum absolute atomic E-state index is 0.0872. The van der Waals surface area contributed by atoms with E-state index in [0.717, 1.165) is 12.1 Å².